The molecule has 0 aliphatic heterocycles. The van der Waals surface area contributed by atoms with Crippen molar-refractivity contribution in [3.05, 3.63) is 29.8 Å². The predicted molar refractivity (Wildman–Crippen MR) is 102 cm³/mol. The molecule has 0 saturated carbocycles. The Bertz CT molecular complexity index is 745. The van der Waals surface area contributed by atoms with E-state index >= 15 is 0 Å². The molecule has 150 valence electrons. The standard InChI is InChI=1S/C17H23NO7S2/c1-13-4-6-15(7-5-13)27(21,22)25-18-16(12-19)26-11-9-17(20)24-10-8-14(2)23-3/h4-7,12,14H,8-11H2,1-3H3/b18-16-. The number of esters is 1. The van der Waals surface area contributed by atoms with Gasteiger partial charge in [0.2, 0.25) is 0 Å². The van der Waals surface area contributed by atoms with Gasteiger partial charge in [0.05, 0.1) is 19.1 Å². The Morgan fingerprint density at radius 2 is 1.96 bits per heavy atom. The number of nitrogens with zero attached hydrogens (tertiary/aromatic N) is 1. The van der Waals surface area contributed by atoms with Crippen molar-refractivity contribution < 1.29 is 31.8 Å². The van der Waals surface area contributed by atoms with Gasteiger partial charge in [0.25, 0.3) is 0 Å². The molecule has 0 heterocycles. The number of ether oxygens (including phenoxy) is 2. The van der Waals surface area contributed by atoms with E-state index < -0.39 is 16.1 Å². The fraction of sp³-hybridized carbons (Fsp3) is 0.471. The van der Waals surface area contributed by atoms with Gasteiger partial charge in [0, 0.05) is 19.3 Å². The highest BCUT2D eigenvalue weighted by Gasteiger charge is 2.16. The van der Waals surface area contributed by atoms with Crippen LogP contribution < -0.4 is 0 Å². The molecule has 0 radical (unpaired) electrons. The minimum absolute atomic E-state index is 0.00592. The van der Waals surface area contributed by atoms with Crippen LogP contribution in [-0.2, 0) is 33.5 Å². The van der Waals surface area contributed by atoms with E-state index in [9.17, 15) is 18.0 Å². The van der Waals surface area contributed by atoms with Gasteiger partial charge in [-0.2, -0.15) is 8.42 Å². The molecule has 0 fully saturated rings. The SMILES string of the molecule is COC(C)CCOC(=O)CCS/C(C=O)=N\OS(=O)(=O)c1ccc(C)cc1. The number of hydrogen-bond donors (Lipinski definition) is 0. The van der Waals surface area contributed by atoms with Gasteiger partial charge in [0.15, 0.2) is 11.3 Å². The smallest absolute Gasteiger partial charge is 0.358 e. The Hall–Kier alpha value is -1.91. The average molecular weight is 418 g/mol. The summed E-state index contributed by atoms with van der Waals surface area (Å²) in [6, 6.07) is 6.01. The second kappa shape index (κ2) is 11.7. The van der Waals surface area contributed by atoms with Gasteiger partial charge in [-0.15, -0.1) is 0 Å². The van der Waals surface area contributed by atoms with Gasteiger partial charge < -0.3 is 9.47 Å². The average Bonchev–Trinajstić information content (AvgIpc) is 2.64. The first kappa shape index (κ1) is 23.1. The maximum absolute atomic E-state index is 12.0. The maximum Gasteiger partial charge on any atom is 0.358 e. The van der Waals surface area contributed by atoms with E-state index in [2.05, 4.69) is 9.44 Å². The van der Waals surface area contributed by atoms with Crippen molar-refractivity contribution in [1.82, 2.24) is 0 Å². The lowest BCUT2D eigenvalue weighted by Gasteiger charge is -2.09. The molecule has 0 aliphatic carbocycles. The fourth-order valence-corrected chi connectivity index (χ4v) is 3.10. The summed E-state index contributed by atoms with van der Waals surface area (Å²) in [5, 5.41) is 3.17. The van der Waals surface area contributed by atoms with E-state index in [-0.39, 0.29) is 34.8 Å². The molecule has 0 spiro atoms. The van der Waals surface area contributed by atoms with Gasteiger partial charge in [-0.1, -0.05) is 34.6 Å². The molecule has 0 bridgehead atoms. The number of carbonyl (C=O) groups is 2. The summed E-state index contributed by atoms with van der Waals surface area (Å²) >= 11 is 0.899. The summed E-state index contributed by atoms with van der Waals surface area (Å²) < 4.78 is 38.6. The highest BCUT2D eigenvalue weighted by atomic mass is 32.2. The number of aryl methyl sites for hydroxylation is 1. The topological polar surface area (TPSA) is 108 Å². The number of methoxy groups -OCH3 is 1. The molecule has 0 aliphatic rings. The normalized spacial score (nSPS) is 13.1. The molecule has 10 heteroatoms. The van der Waals surface area contributed by atoms with Gasteiger partial charge in [-0.3, -0.25) is 13.9 Å². The molecule has 27 heavy (non-hydrogen) atoms. The van der Waals surface area contributed by atoms with Crippen LogP contribution in [0.25, 0.3) is 0 Å². The Morgan fingerprint density at radius 1 is 1.30 bits per heavy atom. The Kier molecular flexibility index (Phi) is 10.0. The third-order valence-corrected chi connectivity index (χ3v) is 5.38. The molecule has 0 amide bonds. The molecule has 1 unspecified atom stereocenters. The summed E-state index contributed by atoms with van der Waals surface area (Å²) in [6.45, 7) is 3.92. The number of aldehydes is 1. The number of carbonyl (C=O) groups excluding carboxylic acids is 2. The Morgan fingerprint density at radius 3 is 2.56 bits per heavy atom. The van der Waals surface area contributed by atoms with Crippen molar-refractivity contribution in [2.45, 2.75) is 37.7 Å². The van der Waals surface area contributed by atoms with Crippen molar-refractivity contribution in [3.63, 3.8) is 0 Å². The van der Waals surface area contributed by atoms with Crippen LogP contribution in [-0.4, -0.2) is 51.3 Å². The van der Waals surface area contributed by atoms with Crippen molar-refractivity contribution >= 4 is 39.2 Å². The largest absolute Gasteiger partial charge is 0.466 e. The van der Waals surface area contributed by atoms with Crippen LogP contribution in [0.4, 0.5) is 0 Å². The quantitative estimate of drug-likeness (QED) is 0.177. The zero-order chi connectivity index (χ0) is 20.3. The van der Waals surface area contributed by atoms with Gasteiger partial charge >= 0.3 is 16.1 Å². The van der Waals surface area contributed by atoms with Crippen LogP contribution >= 0.6 is 11.8 Å². The van der Waals surface area contributed by atoms with E-state index in [0.717, 1.165) is 17.3 Å². The third kappa shape index (κ3) is 9.03. The Balaban J connectivity index is 2.45. The van der Waals surface area contributed by atoms with E-state index in [1.807, 2.05) is 13.8 Å². The van der Waals surface area contributed by atoms with Crippen LogP contribution in [0, 0.1) is 6.92 Å². The molecule has 0 N–H and O–H groups in total. The zero-order valence-corrected chi connectivity index (χ0v) is 17.0. The van der Waals surface area contributed by atoms with Crippen LogP contribution in [0.2, 0.25) is 0 Å². The lowest BCUT2D eigenvalue weighted by atomic mass is 10.2. The summed E-state index contributed by atoms with van der Waals surface area (Å²) in [5.41, 5.74) is 0.894. The molecule has 8 nitrogen and oxygen atoms in total. The van der Waals surface area contributed by atoms with Crippen molar-refractivity contribution in [3.8, 4) is 0 Å². The van der Waals surface area contributed by atoms with E-state index in [1.54, 1.807) is 19.2 Å². The van der Waals surface area contributed by atoms with Crippen molar-refractivity contribution in [1.29, 1.82) is 0 Å². The first-order chi connectivity index (χ1) is 12.8. The first-order valence-corrected chi connectivity index (χ1v) is 10.5. The summed E-state index contributed by atoms with van der Waals surface area (Å²) in [6.07, 6.45) is 0.986. The number of benzene rings is 1. The number of thioether (sulfide) groups is 1. The van der Waals surface area contributed by atoms with E-state index in [4.69, 9.17) is 9.47 Å². The molecule has 1 aromatic carbocycles. The molecule has 0 saturated heterocycles. The maximum atomic E-state index is 12.0. The second-order valence-electron chi connectivity index (χ2n) is 5.54. The fourth-order valence-electron chi connectivity index (χ4n) is 1.68. The predicted octanol–water partition coefficient (Wildman–Crippen LogP) is 2.30. The number of oxime groups is 1. The van der Waals surface area contributed by atoms with Gasteiger partial charge in [0.1, 0.15) is 4.90 Å². The number of hydrogen-bond acceptors (Lipinski definition) is 9. The second-order valence-corrected chi connectivity index (χ2v) is 8.19. The number of rotatable bonds is 11. The summed E-state index contributed by atoms with van der Waals surface area (Å²) in [4.78, 5) is 22.5. The van der Waals surface area contributed by atoms with Crippen molar-refractivity contribution in [2.75, 3.05) is 19.5 Å². The van der Waals surface area contributed by atoms with Crippen LogP contribution in [0.15, 0.2) is 34.3 Å². The van der Waals surface area contributed by atoms with E-state index in [1.165, 1.54) is 12.1 Å². The minimum atomic E-state index is -4.11. The monoisotopic (exact) mass is 417 g/mol. The molecule has 1 atom stereocenters. The highest BCUT2D eigenvalue weighted by Crippen LogP contribution is 2.15. The first-order valence-electron chi connectivity index (χ1n) is 8.13. The lowest BCUT2D eigenvalue weighted by molar-refractivity contribution is -0.143. The molecule has 1 aromatic rings. The van der Waals surface area contributed by atoms with E-state index in [0.29, 0.717) is 12.7 Å². The molecule has 0 aromatic heterocycles. The van der Waals surface area contributed by atoms with Crippen LogP contribution in [0.5, 0.6) is 0 Å². The minimum Gasteiger partial charge on any atom is -0.466 e. The summed E-state index contributed by atoms with van der Waals surface area (Å²) in [7, 11) is -2.54. The van der Waals surface area contributed by atoms with Gasteiger partial charge in [-0.05, 0) is 26.0 Å². The lowest BCUT2D eigenvalue weighted by Crippen LogP contribution is -2.13. The zero-order valence-electron chi connectivity index (χ0n) is 15.4. The molecular weight excluding hydrogens is 394 g/mol. The van der Waals surface area contributed by atoms with Gasteiger partial charge in [-0.25, -0.2) is 0 Å². The van der Waals surface area contributed by atoms with Crippen molar-refractivity contribution in [2.24, 2.45) is 5.16 Å². The molecule has 1 rings (SSSR count). The highest BCUT2D eigenvalue weighted by molar-refractivity contribution is 8.15. The Labute approximate surface area is 163 Å². The summed E-state index contributed by atoms with van der Waals surface area (Å²) in [5.74, 6) is -0.228. The van der Waals surface area contributed by atoms with Crippen LogP contribution in [0.3, 0.4) is 0 Å². The van der Waals surface area contributed by atoms with Crippen LogP contribution in [0.1, 0.15) is 25.3 Å². The third-order valence-electron chi connectivity index (χ3n) is 3.38. The molecular formula is C17H23NO7S2.